The summed E-state index contributed by atoms with van der Waals surface area (Å²) in [6.45, 7) is 4.83. The lowest BCUT2D eigenvalue weighted by Crippen LogP contribution is -2.17. The van der Waals surface area contributed by atoms with Crippen LogP contribution in [0.4, 0.5) is 0 Å². The van der Waals surface area contributed by atoms with Crippen LogP contribution in [0.5, 0.6) is 5.75 Å². The van der Waals surface area contributed by atoms with E-state index in [0.717, 1.165) is 48.5 Å². The first-order valence-electron chi connectivity index (χ1n) is 9.26. The predicted molar refractivity (Wildman–Crippen MR) is 105 cm³/mol. The maximum absolute atomic E-state index is 12.6. The van der Waals surface area contributed by atoms with E-state index in [4.69, 9.17) is 4.74 Å². The number of rotatable bonds is 4. The Morgan fingerprint density at radius 2 is 2.04 bits per heavy atom. The van der Waals surface area contributed by atoms with Gasteiger partial charge in [-0.05, 0) is 29.8 Å². The molecular formula is C22H24N2O2. The fourth-order valence-electron chi connectivity index (χ4n) is 3.90. The summed E-state index contributed by atoms with van der Waals surface area (Å²) in [5, 5.41) is 4.71. The molecule has 26 heavy (non-hydrogen) atoms. The van der Waals surface area contributed by atoms with E-state index < -0.39 is 0 Å². The van der Waals surface area contributed by atoms with Crippen LogP contribution in [0, 0.1) is 0 Å². The van der Waals surface area contributed by atoms with Crippen molar-refractivity contribution in [2.45, 2.75) is 26.3 Å². The highest BCUT2D eigenvalue weighted by molar-refractivity contribution is 6.06. The van der Waals surface area contributed by atoms with E-state index in [1.165, 1.54) is 16.6 Å². The Bertz CT molecular complexity index is 972. The fourth-order valence-corrected chi connectivity index (χ4v) is 3.90. The van der Waals surface area contributed by atoms with Gasteiger partial charge in [-0.2, -0.15) is 0 Å². The van der Waals surface area contributed by atoms with Gasteiger partial charge < -0.3 is 14.6 Å². The third-order valence-electron chi connectivity index (χ3n) is 5.21. The van der Waals surface area contributed by atoms with Crippen LogP contribution < -0.4 is 10.1 Å². The predicted octanol–water partition coefficient (Wildman–Crippen LogP) is 4.06. The van der Waals surface area contributed by atoms with Crippen molar-refractivity contribution in [3.05, 3.63) is 53.7 Å². The van der Waals surface area contributed by atoms with Gasteiger partial charge in [-0.3, -0.25) is 4.79 Å². The van der Waals surface area contributed by atoms with Gasteiger partial charge in [-0.25, -0.2) is 0 Å². The largest absolute Gasteiger partial charge is 0.497 e. The highest BCUT2D eigenvalue weighted by Gasteiger charge is 2.19. The van der Waals surface area contributed by atoms with Crippen molar-refractivity contribution >= 4 is 16.7 Å². The maximum atomic E-state index is 12.6. The normalized spacial score (nSPS) is 14.1. The molecule has 0 aliphatic carbocycles. The summed E-state index contributed by atoms with van der Waals surface area (Å²) in [4.78, 5) is 12.6. The molecule has 2 aromatic carbocycles. The molecule has 0 amide bonds. The molecule has 0 spiro atoms. The van der Waals surface area contributed by atoms with Crippen LogP contribution in [0.3, 0.4) is 0 Å². The van der Waals surface area contributed by atoms with Gasteiger partial charge in [0.25, 0.3) is 0 Å². The minimum absolute atomic E-state index is 0.139. The number of ether oxygens (including phenoxy) is 1. The van der Waals surface area contributed by atoms with Crippen LogP contribution in [0.2, 0.25) is 0 Å². The molecular weight excluding hydrogens is 324 g/mol. The van der Waals surface area contributed by atoms with Crippen molar-refractivity contribution in [2.75, 3.05) is 20.2 Å². The molecule has 0 saturated heterocycles. The molecule has 1 aliphatic rings. The third-order valence-corrected chi connectivity index (χ3v) is 5.21. The average Bonchev–Trinajstić information content (AvgIpc) is 2.88. The summed E-state index contributed by atoms with van der Waals surface area (Å²) in [5.41, 5.74) is 5.42. The standard InChI is InChI=1S/C22H24N2O2/c1-3-21(25)20-14-17(26-2)7-8-18(20)19-6-4-5-15-13-16-9-10-23-11-12-24(16)22(15)19/h4-8,13-14,23H,3,9-12H2,1-2H3. The molecule has 2 heterocycles. The fraction of sp³-hybridized carbons (Fsp3) is 0.318. The molecule has 0 fully saturated rings. The Labute approximate surface area is 153 Å². The zero-order valence-corrected chi connectivity index (χ0v) is 15.3. The van der Waals surface area contributed by atoms with Crippen LogP contribution in [-0.2, 0) is 13.0 Å². The maximum Gasteiger partial charge on any atom is 0.163 e. The van der Waals surface area contributed by atoms with Crippen LogP contribution >= 0.6 is 0 Å². The summed E-state index contributed by atoms with van der Waals surface area (Å²) in [6, 6.07) is 14.5. The molecule has 0 bridgehead atoms. The van der Waals surface area contributed by atoms with Crippen molar-refractivity contribution in [2.24, 2.45) is 0 Å². The van der Waals surface area contributed by atoms with Crippen LogP contribution in [0.15, 0.2) is 42.5 Å². The summed E-state index contributed by atoms with van der Waals surface area (Å²) in [5.74, 6) is 0.858. The van der Waals surface area contributed by atoms with E-state index in [-0.39, 0.29) is 5.78 Å². The Balaban J connectivity index is 1.98. The molecule has 4 heteroatoms. The van der Waals surface area contributed by atoms with Crippen molar-refractivity contribution in [3.63, 3.8) is 0 Å². The van der Waals surface area contributed by atoms with E-state index in [9.17, 15) is 4.79 Å². The summed E-state index contributed by atoms with van der Waals surface area (Å²) in [7, 11) is 1.63. The second-order valence-corrected chi connectivity index (χ2v) is 6.72. The smallest absolute Gasteiger partial charge is 0.163 e. The first kappa shape index (κ1) is 16.9. The molecule has 0 saturated carbocycles. The highest BCUT2D eigenvalue weighted by Crippen LogP contribution is 2.35. The van der Waals surface area contributed by atoms with Gasteiger partial charge in [0.1, 0.15) is 5.75 Å². The zero-order valence-electron chi connectivity index (χ0n) is 15.3. The number of carbonyl (C=O) groups excluding carboxylic acids is 1. The molecule has 4 nitrogen and oxygen atoms in total. The van der Waals surface area contributed by atoms with Crippen molar-refractivity contribution in [3.8, 4) is 16.9 Å². The molecule has 0 unspecified atom stereocenters. The number of hydrogen-bond acceptors (Lipinski definition) is 3. The number of hydrogen-bond donors (Lipinski definition) is 1. The first-order chi connectivity index (χ1) is 12.7. The number of benzene rings is 2. The van der Waals surface area contributed by atoms with E-state index in [1.807, 2.05) is 25.1 Å². The summed E-state index contributed by atoms with van der Waals surface area (Å²) in [6.07, 6.45) is 1.50. The van der Waals surface area contributed by atoms with Gasteiger partial charge in [-0.15, -0.1) is 0 Å². The number of carbonyl (C=O) groups is 1. The SMILES string of the molecule is CCC(=O)c1cc(OC)ccc1-c1cccc2cc3n(c12)CCNCC3. The van der Waals surface area contributed by atoms with Crippen molar-refractivity contribution in [1.29, 1.82) is 0 Å². The molecule has 134 valence electrons. The molecule has 1 aromatic heterocycles. The van der Waals surface area contributed by atoms with Crippen molar-refractivity contribution < 1.29 is 9.53 Å². The number of aromatic nitrogens is 1. The Morgan fingerprint density at radius 1 is 1.15 bits per heavy atom. The minimum atomic E-state index is 0.139. The lowest BCUT2D eigenvalue weighted by Gasteiger charge is -2.14. The molecule has 1 aliphatic heterocycles. The van der Waals surface area contributed by atoms with Gasteiger partial charge >= 0.3 is 0 Å². The molecule has 0 radical (unpaired) electrons. The summed E-state index contributed by atoms with van der Waals surface area (Å²) < 4.78 is 7.77. The van der Waals surface area contributed by atoms with Crippen LogP contribution in [-0.4, -0.2) is 30.5 Å². The quantitative estimate of drug-likeness (QED) is 0.723. The number of nitrogens with one attached hydrogen (secondary N) is 1. The third kappa shape index (κ3) is 2.80. The number of nitrogens with zero attached hydrogens (tertiary/aromatic N) is 1. The molecule has 0 atom stereocenters. The molecule has 4 rings (SSSR count). The average molecular weight is 348 g/mol. The molecule has 3 aromatic rings. The minimum Gasteiger partial charge on any atom is -0.497 e. The van der Waals surface area contributed by atoms with Gasteiger partial charge in [0.05, 0.1) is 12.6 Å². The Hall–Kier alpha value is -2.59. The van der Waals surface area contributed by atoms with E-state index in [0.29, 0.717) is 6.42 Å². The van der Waals surface area contributed by atoms with Gasteiger partial charge in [0, 0.05) is 54.7 Å². The van der Waals surface area contributed by atoms with Crippen LogP contribution in [0.1, 0.15) is 29.4 Å². The number of para-hydroxylation sites is 1. The van der Waals surface area contributed by atoms with Gasteiger partial charge in [0.15, 0.2) is 5.78 Å². The summed E-state index contributed by atoms with van der Waals surface area (Å²) >= 11 is 0. The van der Waals surface area contributed by atoms with Gasteiger partial charge in [-0.1, -0.05) is 25.1 Å². The van der Waals surface area contributed by atoms with Gasteiger partial charge in [0.2, 0.25) is 0 Å². The Morgan fingerprint density at radius 3 is 2.85 bits per heavy atom. The number of methoxy groups -OCH3 is 1. The first-order valence-corrected chi connectivity index (χ1v) is 9.26. The number of fused-ring (bicyclic) bond motifs is 3. The number of Topliss-reactive ketones (excluding diaryl/α,β-unsaturated/α-hetero) is 1. The zero-order chi connectivity index (χ0) is 18.1. The topological polar surface area (TPSA) is 43.3 Å². The second kappa shape index (κ2) is 6.96. The molecule has 1 N–H and O–H groups in total. The van der Waals surface area contributed by atoms with Crippen molar-refractivity contribution in [1.82, 2.24) is 9.88 Å². The Kier molecular flexibility index (Phi) is 4.51. The highest BCUT2D eigenvalue weighted by atomic mass is 16.5. The second-order valence-electron chi connectivity index (χ2n) is 6.72. The lowest BCUT2D eigenvalue weighted by atomic mass is 9.94. The van der Waals surface area contributed by atoms with E-state index in [1.54, 1.807) is 7.11 Å². The lowest BCUT2D eigenvalue weighted by molar-refractivity contribution is 0.0988. The monoisotopic (exact) mass is 348 g/mol. The van der Waals surface area contributed by atoms with E-state index >= 15 is 0 Å². The number of ketones is 1. The van der Waals surface area contributed by atoms with Crippen LogP contribution in [0.25, 0.3) is 22.0 Å². The van der Waals surface area contributed by atoms with E-state index in [2.05, 4.69) is 34.1 Å².